The van der Waals surface area contributed by atoms with E-state index < -0.39 is 47.9 Å². The highest BCUT2D eigenvalue weighted by molar-refractivity contribution is 6.31. The van der Waals surface area contributed by atoms with Gasteiger partial charge in [-0.15, -0.1) is 0 Å². The van der Waals surface area contributed by atoms with Gasteiger partial charge in [0, 0.05) is 29.2 Å². The van der Waals surface area contributed by atoms with Crippen LogP contribution in [0.5, 0.6) is 0 Å². The molecule has 0 saturated heterocycles. The molecule has 0 amide bonds. The average molecular weight is 537 g/mol. The fourth-order valence-electron chi connectivity index (χ4n) is 3.95. The van der Waals surface area contributed by atoms with Crippen LogP contribution in [0.2, 0.25) is 5.02 Å². The molecule has 37 heavy (non-hydrogen) atoms. The molecule has 0 fully saturated rings. The third-order valence-electron chi connectivity index (χ3n) is 5.52. The number of anilines is 2. The van der Waals surface area contributed by atoms with Gasteiger partial charge in [-0.2, -0.15) is 23.3 Å². The van der Waals surface area contributed by atoms with Crippen molar-refractivity contribution in [3.05, 3.63) is 69.0 Å². The number of halogens is 5. The molecule has 0 unspecified atom stereocenters. The van der Waals surface area contributed by atoms with Crippen molar-refractivity contribution in [1.82, 2.24) is 24.1 Å². The number of pyridine rings is 2. The Hall–Kier alpha value is -4.30. The summed E-state index contributed by atoms with van der Waals surface area (Å²) in [6, 6.07) is 5.40. The van der Waals surface area contributed by atoms with Gasteiger partial charge in [0.25, 0.3) is 5.56 Å². The Kier molecular flexibility index (Phi) is 5.72. The quantitative estimate of drug-likeness (QED) is 0.228. The van der Waals surface area contributed by atoms with Gasteiger partial charge in [0.15, 0.2) is 11.3 Å². The maximum atomic E-state index is 13.6. The van der Waals surface area contributed by atoms with Crippen LogP contribution in [-0.4, -0.2) is 46.9 Å². The molecule has 0 saturated carbocycles. The van der Waals surface area contributed by atoms with Crippen molar-refractivity contribution >= 4 is 56.7 Å². The summed E-state index contributed by atoms with van der Waals surface area (Å²) < 4.78 is 56.1. The number of alkyl halides is 3. The zero-order chi connectivity index (χ0) is 26.6. The number of hydrogen-bond donors (Lipinski definition) is 3. The first-order valence-electron chi connectivity index (χ1n) is 10.4. The molecule has 0 radical (unpaired) electrons. The van der Waals surface area contributed by atoms with Crippen molar-refractivity contribution in [3.8, 4) is 0 Å². The number of aliphatic hydroxyl groups excluding tert-OH is 1. The molecule has 0 spiro atoms. The molecule has 0 aliphatic rings. The van der Waals surface area contributed by atoms with Crippen LogP contribution in [0.4, 0.5) is 29.2 Å². The summed E-state index contributed by atoms with van der Waals surface area (Å²) in [6.07, 6.45) is -3.64. The number of aromatic nitrogens is 5. The lowest BCUT2D eigenvalue weighted by atomic mass is 10.1. The van der Waals surface area contributed by atoms with Gasteiger partial charge in [-0.3, -0.25) is 4.79 Å². The highest BCUT2D eigenvalue weighted by Gasteiger charge is 2.35. The second-order valence-electron chi connectivity index (χ2n) is 7.82. The third kappa shape index (κ3) is 4.09. The van der Waals surface area contributed by atoms with Crippen molar-refractivity contribution in [1.29, 1.82) is 0 Å². The van der Waals surface area contributed by atoms with Crippen molar-refractivity contribution < 1.29 is 32.6 Å². The lowest BCUT2D eigenvalue weighted by Crippen LogP contribution is -2.28. The molecule has 3 N–H and O–H groups in total. The molecule has 1 aromatic carbocycles. The van der Waals surface area contributed by atoms with Gasteiger partial charge in [0.05, 0.1) is 22.7 Å². The Balaban J connectivity index is 1.88. The van der Waals surface area contributed by atoms with E-state index in [9.17, 15) is 37.4 Å². The third-order valence-corrected chi connectivity index (χ3v) is 5.81. The van der Waals surface area contributed by atoms with Crippen molar-refractivity contribution in [2.24, 2.45) is 0 Å². The smallest absolute Gasteiger partial charge is 0.435 e. The Labute approximate surface area is 207 Å². The molecule has 4 heterocycles. The summed E-state index contributed by atoms with van der Waals surface area (Å²) in [7, 11) is 0. The molecule has 15 heteroatoms. The summed E-state index contributed by atoms with van der Waals surface area (Å²) in [5, 5.41) is 25.4. The zero-order valence-electron chi connectivity index (χ0n) is 18.2. The van der Waals surface area contributed by atoms with Gasteiger partial charge >= 0.3 is 12.1 Å². The number of carbonyl (C=O) groups is 1. The van der Waals surface area contributed by atoms with Crippen LogP contribution in [0.3, 0.4) is 0 Å². The monoisotopic (exact) mass is 536 g/mol. The number of carboxylic acid groups (broad SMARTS) is 1. The SMILES string of the molecule is O=C(O)c1cc2c3cnc(Nc4ccc(F)c(Cl)c4)nc3n3nc(C(F)(F)F)cc3c2n(CCO)c1=O. The van der Waals surface area contributed by atoms with Crippen molar-refractivity contribution in [2.75, 3.05) is 11.9 Å². The second-order valence-corrected chi connectivity index (χ2v) is 8.22. The van der Waals surface area contributed by atoms with E-state index in [1.165, 1.54) is 18.3 Å². The Morgan fingerprint density at radius 3 is 2.57 bits per heavy atom. The first-order chi connectivity index (χ1) is 17.5. The van der Waals surface area contributed by atoms with Crippen LogP contribution in [0.15, 0.2) is 41.3 Å². The maximum absolute atomic E-state index is 13.6. The van der Waals surface area contributed by atoms with Crippen LogP contribution < -0.4 is 10.9 Å². The summed E-state index contributed by atoms with van der Waals surface area (Å²) in [4.78, 5) is 33.0. The summed E-state index contributed by atoms with van der Waals surface area (Å²) in [5.74, 6) is -2.34. The molecular formula is C22H13ClF4N6O4. The van der Waals surface area contributed by atoms with Gasteiger partial charge in [0.2, 0.25) is 5.95 Å². The number of fused-ring (bicyclic) bond motifs is 6. The number of carboxylic acids is 1. The molecule has 190 valence electrons. The number of nitrogens with one attached hydrogen (secondary N) is 1. The number of rotatable bonds is 5. The fraction of sp³-hybridized carbons (Fsp3) is 0.136. The van der Waals surface area contributed by atoms with Crippen LogP contribution in [0.25, 0.3) is 27.5 Å². The van der Waals surface area contributed by atoms with E-state index >= 15 is 0 Å². The van der Waals surface area contributed by atoms with E-state index in [4.69, 9.17) is 11.6 Å². The van der Waals surface area contributed by atoms with E-state index in [0.717, 1.165) is 21.2 Å². The molecule has 5 aromatic rings. The van der Waals surface area contributed by atoms with E-state index in [-0.39, 0.29) is 44.1 Å². The van der Waals surface area contributed by atoms with Crippen LogP contribution in [-0.2, 0) is 12.7 Å². The molecule has 0 bridgehead atoms. The van der Waals surface area contributed by atoms with E-state index in [1.54, 1.807) is 0 Å². The standard InChI is InChI=1S/C22H13ClF4N6O4/c23-13-5-9(1-2-14(13)24)29-21-28-8-12-10-6-11(20(36)37)19(35)32(3-4-34)17(10)15-7-16(22(25,26)27)31-33(15)18(12)30-21/h1-2,5-8,34H,3-4H2,(H,36,37)(H,28,29,30). The normalized spacial score (nSPS) is 12.1. The minimum absolute atomic E-state index is 0.0537. The van der Waals surface area contributed by atoms with Crippen LogP contribution in [0.1, 0.15) is 16.1 Å². The van der Waals surface area contributed by atoms with E-state index in [1.807, 2.05) is 0 Å². The van der Waals surface area contributed by atoms with E-state index in [2.05, 4.69) is 20.4 Å². The number of hydrogen-bond acceptors (Lipinski definition) is 7. The van der Waals surface area contributed by atoms with Gasteiger partial charge in [-0.25, -0.2) is 18.7 Å². The number of benzene rings is 1. The van der Waals surface area contributed by atoms with Crippen molar-refractivity contribution in [3.63, 3.8) is 0 Å². The lowest BCUT2D eigenvalue weighted by molar-refractivity contribution is -0.141. The summed E-state index contributed by atoms with van der Waals surface area (Å²) in [5.41, 5.74) is -3.12. The van der Waals surface area contributed by atoms with Gasteiger partial charge in [-0.1, -0.05) is 11.6 Å². The van der Waals surface area contributed by atoms with Gasteiger partial charge in [0.1, 0.15) is 11.4 Å². The molecule has 10 nitrogen and oxygen atoms in total. The molecular weight excluding hydrogens is 524 g/mol. The molecule has 0 aliphatic carbocycles. The average Bonchev–Trinajstić information content (AvgIpc) is 3.29. The number of aromatic carboxylic acids is 1. The first-order valence-corrected chi connectivity index (χ1v) is 10.8. The summed E-state index contributed by atoms with van der Waals surface area (Å²) in [6.45, 7) is -0.988. The highest BCUT2D eigenvalue weighted by atomic mass is 35.5. The predicted molar refractivity (Wildman–Crippen MR) is 124 cm³/mol. The Bertz CT molecular complexity index is 1800. The Morgan fingerprint density at radius 2 is 1.92 bits per heavy atom. The van der Waals surface area contributed by atoms with Gasteiger partial charge in [-0.05, 0) is 30.3 Å². The highest BCUT2D eigenvalue weighted by Crippen LogP contribution is 2.34. The largest absolute Gasteiger partial charge is 0.477 e. The lowest BCUT2D eigenvalue weighted by Gasteiger charge is -2.14. The van der Waals surface area contributed by atoms with Crippen LogP contribution in [0, 0.1) is 5.82 Å². The van der Waals surface area contributed by atoms with Crippen LogP contribution >= 0.6 is 11.6 Å². The van der Waals surface area contributed by atoms with E-state index in [0.29, 0.717) is 6.07 Å². The predicted octanol–water partition coefficient (Wildman–Crippen LogP) is 3.84. The molecule has 5 rings (SSSR count). The zero-order valence-corrected chi connectivity index (χ0v) is 19.0. The molecule has 0 aliphatic heterocycles. The fourth-order valence-corrected chi connectivity index (χ4v) is 4.13. The topological polar surface area (TPSA) is 135 Å². The van der Waals surface area contributed by atoms with Gasteiger partial charge < -0.3 is 20.1 Å². The first kappa shape index (κ1) is 24.4. The molecule has 0 atom stereocenters. The summed E-state index contributed by atoms with van der Waals surface area (Å²) >= 11 is 5.79. The number of aliphatic hydroxyl groups is 1. The molecule has 4 aromatic heterocycles. The Morgan fingerprint density at radius 1 is 1.16 bits per heavy atom. The minimum atomic E-state index is -4.85. The minimum Gasteiger partial charge on any atom is -0.477 e. The maximum Gasteiger partial charge on any atom is 0.435 e. The number of nitrogens with zero attached hydrogens (tertiary/aromatic N) is 5. The van der Waals surface area contributed by atoms with Crippen molar-refractivity contribution in [2.45, 2.75) is 12.7 Å². The second kappa shape index (κ2) is 8.67.